The first kappa shape index (κ1) is 13.2. The predicted molar refractivity (Wildman–Crippen MR) is 71.9 cm³/mol. The minimum atomic E-state index is -1.11. The van der Waals surface area contributed by atoms with Crippen LogP contribution in [0.15, 0.2) is 27.6 Å². The molecule has 1 unspecified atom stereocenters. The molecule has 1 aliphatic heterocycles. The fourth-order valence-corrected chi connectivity index (χ4v) is 3.99. The Hall–Kier alpha value is -0.230. The maximum atomic E-state index is 12.4. The zero-order valence-corrected chi connectivity index (χ0v) is 12.3. The van der Waals surface area contributed by atoms with E-state index in [0.717, 1.165) is 14.9 Å². The van der Waals surface area contributed by atoms with E-state index in [0.29, 0.717) is 13.0 Å². The summed E-state index contributed by atoms with van der Waals surface area (Å²) in [5.74, 6) is 0. The summed E-state index contributed by atoms with van der Waals surface area (Å²) in [6, 6.07) is 5.84. The monoisotopic (exact) mass is 317 g/mol. The van der Waals surface area contributed by atoms with E-state index >= 15 is 0 Å². The van der Waals surface area contributed by atoms with Gasteiger partial charge in [0.1, 0.15) is 11.0 Å². The quantitative estimate of drug-likeness (QED) is 0.930. The zero-order chi connectivity index (χ0) is 12.6. The molecule has 0 saturated carbocycles. The van der Waals surface area contributed by atoms with E-state index in [1.807, 2.05) is 36.4 Å². The van der Waals surface area contributed by atoms with E-state index in [1.54, 1.807) is 0 Å². The highest BCUT2D eigenvalue weighted by Gasteiger charge is 2.37. The lowest BCUT2D eigenvalue weighted by Gasteiger charge is -2.33. The summed E-state index contributed by atoms with van der Waals surface area (Å²) in [6.07, 6.45) is 0.619. The van der Waals surface area contributed by atoms with Gasteiger partial charge in [0.2, 0.25) is 0 Å². The second-order valence-corrected chi connectivity index (χ2v) is 7.12. The first-order chi connectivity index (χ1) is 7.95. The summed E-state index contributed by atoms with van der Waals surface area (Å²) in [5, 5.41) is 9.08. The summed E-state index contributed by atoms with van der Waals surface area (Å²) in [4.78, 5) is 0.888. The van der Waals surface area contributed by atoms with Gasteiger partial charge in [-0.2, -0.15) is 0 Å². The van der Waals surface area contributed by atoms with E-state index < -0.39 is 11.0 Å². The highest BCUT2D eigenvalue weighted by molar-refractivity contribution is 9.10. The van der Waals surface area contributed by atoms with Gasteiger partial charge >= 0.3 is 0 Å². The van der Waals surface area contributed by atoms with Gasteiger partial charge in [-0.05, 0) is 44.0 Å². The molecule has 94 valence electrons. The van der Waals surface area contributed by atoms with Crippen LogP contribution in [0.1, 0.15) is 25.8 Å². The van der Waals surface area contributed by atoms with Crippen molar-refractivity contribution in [3.05, 3.63) is 28.2 Å². The third-order valence-corrected chi connectivity index (χ3v) is 5.41. The van der Waals surface area contributed by atoms with Gasteiger partial charge in [-0.25, -0.2) is 8.51 Å². The number of nitrogens with zero attached hydrogens (tertiary/aromatic N) is 1. The number of aliphatic hydroxyl groups is 1. The summed E-state index contributed by atoms with van der Waals surface area (Å²) in [7, 11) is -1.11. The van der Waals surface area contributed by atoms with E-state index in [4.69, 9.17) is 5.11 Å². The summed E-state index contributed by atoms with van der Waals surface area (Å²) in [6.45, 7) is 4.82. The first-order valence-electron chi connectivity index (χ1n) is 5.54. The SMILES string of the molecule is CC(C)(CCO)N1Cc2cc(Br)ccc2S1=O. The topological polar surface area (TPSA) is 40.5 Å². The molecule has 1 aromatic carbocycles. The van der Waals surface area contributed by atoms with E-state index in [1.165, 1.54) is 0 Å². The standard InChI is InChI=1S/C12H16BrNO2S/c1-12(2,5-6-15)14-8-9-7-10(13)3-4-11(9)17(14)16/h3-4,7,15H,5-6,8H2,1-2H3. The van der Waals surface area contributed by atoms with Crippen molar-refractivity contribution in [3.63, 3.8) is 0 Å². The van der Waals surface area contributed by atoms with Crippen LogP contribution >= 0.6 is 15.9 Å². The van der Waals surface area contributed by atoms with Gasteiger partial charge in [0, 0.05) is 23.2 Å². The first-order valence-corrected chi connectivity index (χ1v) is 7.44. The van der Waals surface area contributed by atoms with E-state index in [9.17, 15) is 4.21 Å². The molecule has 1 N–H and O–H groups in total. The molecule has 0 aromatic heterocycles. The molecule has 0 spiro atoms. The number of aliphatic hydroxyl groups excluding tert-OH is 1. The van der Waals surface area contributed by atoms with Crippen LogP contribution in [0.4, 0.5) is 0 Å². The van der Waals surface area contributed by atoms with Crippen LogP contribution in [0.2, 0.25) is 0 Å². The maximum Gasteiger partial charge on any atom is 0.128 e. The van der Waals surface area contributed by atoms with Crippen molar-refractivity contribution in [2.45, 2.75) is 37.2 Å². The lowest BCUT2D eigenvalue weighted by Crippen LogP contribution is -2.42. The van der Waals surface area contributed by atoms with Gasteiger partial charge in [-0.3, -0.25) is 0 Å². The van der Waals surface area contributed by atoms with Gasteiger partial charge in [-0.15, -0.1) is 0 Å². The van der Waals surface area contributed by atoms with Crippen molar-refractivity contribution in [2.24, 2.45) is 0 Å². The van der Waals surface area contributed by atoms with Gasteiger partial charge in [-0.1, -0.05) is 15.9 Å². The van der Waals surface area contributed by atoms with Gasteiger partial charge in [0.25, 0.3) is 0 Å². The summed E-state index contributed by atoms with van der Waals surface area (Å²) >= 11 is 3.43. The average Bonchev–Trinajstić information content (AvgIpc) is 2.56. The molecule has 0 aliphatic carbocycles. The molecule has 17 heavy (non-hydrogen) atoms. The fourth-order valence-electron chi connectivity index (χ4n) is 2.01. The third-order valence-electron chi connectivity index (χ3n) is 3.12. The molecule has 1 atom stereocenters. The highest BCUT2D eigenvalue weighted by Crippen LogP contribution is 2.35. The van der Waals surface area contributed by atoms with Crippen LogP contribution in [0, 0.1) is 0 Å². The number of hydrogen-bond donors (Lipinski definition) is 1. The molecular weight excluding hydrogens is 302 g/mol. The Kier molecular flexibility index (Phi) is 3.73. The van der Waals surface area contributed by atoms with Crippen LogP contribution in [-0.2, 0) is 17.5 Å². The van der Waals surface area contributed by atoms with Crippen LogP contribution in [0.5, 0.6) is 0 Å². The maximum absolute atomic E-state index is 12.4. The normalized spacial score (nSPS) is 20.6. The minimum Gasteiger partial charge on any atom is -0.396 e. The van der Waals surface area contributed by atoms with Crippen molar-refractivity contribution in [3.8, 4) is 0 Å². The molecule has 2 rings (SSSR count). The largest absolute Gasteiger partial charge is 0.396 e. The molecule has 0 fully saturated rings. The Bertz CT molecular complexity index is 462. The molecule has 0 saturated heterocycles. The number of benzene rings is 1. The van der Waals surface area contributed by atoms with Gasteiger partial charge in [0.05, 0.1) is 4.90 Å². The minimum absolute atomic E-state index is 0.112. The molecule has 0 bridgehead atoms. The molecule has 0 amide bonds. The molecule has 1 aromatic rings. The Balaban J connectivity index is 2.31. The Morgan fingerprint density at radius 1 is 1.53 bits per heavy atom. The lowest BCUT2D eigenvalue weighted by atomic mass is 10.0. The van der Waals surface area contributed by atoms with Crippen molar-refractivity contribution in [1.82, 2.24) is 4.31 Å². The predicted octanol–water partition coefficient (Wildman–Crippen LogP) is 2.45. The molecule has 0 radical (unpaired) electrons. The fraction of sp³-hybridized carbons (Fsp3) is 0.500. The smallest absolute Gasteiger partial charge is 0.128 e. The molecule has 1 heterocycles. The van der Waals surface area contributed by atoms with Gasteiger partial charge in [0.15, 0.2) is 0 Å². The Morgan fingerprint density at radius 2 is 2.24 bits per heavy atom. The van der Waals surface area contributed by atoms with Crippen molar-refractivity contribution in [2.75, 3.05) is 6.61 Å². The Morgan fingerprint density at radius 3 is 2.88 bits per heavy atom. The average molecular weight is 318 g/mol. The van der Waals surface area contributed by atoms with Crippen LogP contribution in [0.25, 0.3) is 0 Å². The Labute approximate surface area is 113 Å². The highest BCUT2D eigenvalue weighted by atomic mass is 79.9. The van der Waals surface area contributed by atoms with E-state index in [2.05, 4.69) is 15.9 Å². The van der Waals surface area contributed by atoms with Gasteiger partial charge < -0.3 is 5.11 Å². The number of rotatable bonds is 3. The summed E-state index contributed by atoms with van der Waals surface area (Å²) in [5.41, 5.74) is 0.842. The zero-order valence-electron chi connectivity index (χ0n) is 9.94. The summed E-state index contributed by atoms with van der Waals surface area (Å²) < 4.78 is 15.3. The third kappa shape index (κ3) is 2.47. The molecular formula is C12H16BrNO2S. The number of halogens is 1. The molecule has 1 aliphatic rings. The van der Waals surface area contributed by atoms with Crippen molar-refractivity contribution in [1.29, 1.82) is 0 Å². The number of hydrogen-bond acceptors (Lipinski definition) is 2. The molecule has 5 heteroatoms. The lowest BCUT2D eigenvalue weighted by molar-refractivity contribution is 0.170. The van der Waals surface area contributed by atoms with Crippen molar-refractivity contribution < 1.29 is 9.32 Å². The molecule has 3 nitrogen and oxygen atoms in total. The number of fused-ring (bicyclic) bond motifs is 1. The van der Waals surface area contributed by atoms with Crippen molar-refractivity contribution >= 4 is 26.9 Å². The van der Waals surface area contributed by atoms with Crippen LogP contribution in [-0.4, -0.2) is 25.8 Å². The van der Waals surface area contributed by atoms with E-state index in [-0.39, 0.29) is 12.1 Å². The second-order valence-electron chi connectivity index (χ2n) is 4.82. The second kappa shape index (κ2) is 4.80. The van der Waals surface area contributed by atoms with Crippen LogP contribution < -0.4 is 0 Å². The van der Waals surface area contributed by atoms with Crippen LogP contribution in [0.3, 0.4) is 0 Å².